The molecule has 0 atom stereocenters. The normalized spacial score (nSPS) is 10.6. The second kappa shape index (κ2) is 5.89. The Kier molecular flexibility index (Phi) is 3.45. The number of nitrogens with zero attached hydrogens (tertiary/aromatic N) is 1. The summed E-state index contributed by atoms with van der Waals surface area (Å²) in [5.74, 6) is 1.64. The van der Waals surface area contributed by atoms with Gasteiger partial charge in [-0.1, -0.05) is 42.5 Å². The summed E-state index contributed by atoms with van der Waals surface area (Å²) in [5, 5.41) is 2.29. The molecule has 1 N–H and O–H groups in total. The number of fused-ring (bicyclic) bond motifs is 1. The molecule has 0 aliphatic carbocycles. The maximum atomic E-state index is 6.00. The topological polar surface area (TPSA) is 26.2 Å². The molecule has 0 bridgehead atoms. The van der Waals surface area contributed by atoms with Crippen molar-refractivity contribution in [3.63, 3.8) is 0 Å². The van der Waals surface area contributed by atoms with Crippen molar-refractivity contribution in [1.82, 2.24) is 4.68 Å². The summed E-state index contributed by atoms with van der Waals surface area (Å²) in [4.78, 5) is 0. The van der Waals surface area contributed by atoms with Gasteiger partial charge in [0, 0.05) is 23.8 Å². The summed E-state index contributed by atoms with van der Waals surface area (Å²) in [6.45, 7) is 0. The lowest BCUT2D eigenvalue weighted by Gasteiger charge is -2.14. The number of hydrogen-bond acceptors (Lipinski definition) is 2. The van der Waals surface area contributed by atoms with Gasteiger partial charge >= 0.3 is 0 Å². The van der Waals surface area contributed by atoms with Crippen LogP contribution in [0.3, 0.4) is 0 Å². The summed E-state index contributed by atoms with van der Waals surface area (Å²) < 4.78 is 7.92. The largest absolute Gasteiger partial charge is 0.457 e. The van der Waals surface area contributed by atoms with Gasteiger partial charge in [0.2, 0.25) is 0 Å². The number of aromatic nitrogens is 1. The second-order valence-corrected chi connectivity index (χ2v) is 5.31. The Hall–Kier alpha value is -3.20. The van der Waals surface area contributed by atoms with Crippen LogP contribution in [0.25, 0.3) is 10.8 Å². The third-order valence-corrected chi connectivity index (χ3v) is 3.67. The summed E-state index contributed by atoms with van der Waals surface area (Å²) >= 11 is 0. The SMILES string of the molecule is c1ccc(Oc2cc(Nn3cccc3)c3ccccc3c2)cc1. The molecule has 3 heteroatoms. The fraction of sp³-hybridized carbons (Fsp3) is 0. The average Bonchev–Trinajstić information content (AvgIpc) is 3.09. The summed E-state index contributed by atoms with van der Waals surface area (Å²) in [7, 11) is 0. The van der Waals surface area contributed by atoms with E-state index in [0.29, 0.717) is 0 Å². The van der Waals surface area contributed by atoms with Crippen LogP contribution in [0.1, 0.15) is 0 Å². The first-order valence-corrected chi connectivity index (χ1v) is 7.54. The number of ether oxygens (including phenoxy) is 1. The number of nitrogens with one attached hydrogen (secondary N) is 1. The van der Waals surface area contributed by atoms with Crippen LogP contribution in [0.5, 0.6) is 11.5 Å². The fourth-order valence-corrected chi connectivity index (χ4v) is 2.61. The van der Waals surface area contributed by atoms with E-state index in [-0.39, 0.29) is 0 Å². The van der Waals surface area contributed by atoms with E-state index >= 15 is 0 Å². The highest BCUT2D eigenvalue weighted by atomic mass is 16.5. The molecule has 112 valence electrons. The van der Waals surface area contributed by atoms with Crippen LogP contribution in [0, 0.1) is 0 Å². The van der Waals surface area contributed by atoms with Gasteiger partial charge in [-0.2, -0.15) is 0 Å². The predicted molar refractivity (Wildman–Crippen MR) is 93.9 cm³/mol. The molecule has 1 heterocycles. The van der Waals surface area contributed by atoms with Gasteiger partial charge < -0.3 is 4.74 Å². The first-order valence-electron chi connectivity index (χ1n) is 7.54. The maximum Gasteiger partial charge on any atom is 0.130 e. The monoisotopic (exact) mass is 300 g/mol. The molecule has 4 aromatic rings. The van der Waals surface area contributed by atoms with Crippen LogP contribution < -0.4 is 10.2 Å². The molecule has 0 aliphatic heterocycles. The highest BCUT2D eigenvalue weighted by Crippen LogP contribution is 2.32. The molecule has 0 aliphatic rings. The van der Waals surface area contributed by atoms with E-state index in [1.807, 2.05) is 77.7 Å². The summed E-state index contributed by atoms with van der Waals surface area (Å²) in [6.07, 6.45) is 3.94. The third-order valence-electron chi connectivity index (χ3n) is 3.67. The Morgan fingerprint density at radius 2 is 1.43 bits per heavy atom. The number of hydrogen-bond donors (Lipinski definition) is 1. The number of benzene rings is 3. The second-order valence-electron chi connectivity index (χ2n) is 5.31. The van der Waals surface area contributed by atoms with Crippen molar-refractivity contribution in [3.8, 4) is 11.5 Å². The minimum Gasteiger partial charge on any atom is -0.457 e. The smallest absolute Gasteiger partial charge is 0.130 e. The first kappa shape index (κ1) is 13.5. The lowest BCUT2D eigenvalue weighted by Crippen LogP contribution is -2.06. The molecule has 0 saturated carbocycles. The molecule has 23 heavy (non-hydrogen) atoms. The van der Waals surface area contributed by atoms with Crippen molar-refractivity contribution in [2.45, 2.75) is 0 Å². The molecule has 0 spiro atoms. The van der Waals surface area contributed by atoms with Gasteiger partial charge in [-0.15, -0.1) is 0 Å². The van der Waals surface area contributed by atoms with Crippen LogP contribution in [0.2, 0.25) is 0 Å². The Balaban J connectivity index is 1.77. The summed E-state index contributed by atoms with van der Waals surface area (Å²) in [5.41, 5.74) is 4.39. The molecule has 0 saturated heterocycles. The molecule has 0 unspecified atom stereocenters. The van der Waals surface area contributed by atoms with E-state index in [1.165, 1.54) is 0 Å². The van der Waals surface area contributed by atoms with Crippen molar-refractivity contribution in [1.29, 1.82) is 0 Å². The molecule has 0 amide bonds. The zero-order chi connectivity index (χ0) is 15.5. The molecule has 0 radical (unpaired) electrons. The van der Waals surface area contributed by atoms with Gasteiger partial charge in [0.05, 0.1) is 5.69 Å². The van der Waals surface area contributed by atoms with Gasteiger partial charge in [-0.3, -0.25) is 10.1 Å². The summed E-state index contributed by atoms with van der Waals surface area (Å²) in [6, 6.07) is 26.1. The van der Waals surface area contributed by atoms with E-state index in [9.17, 15) is 0 Å². The number of rotatable bonds is 4. The Bertz CT molecular complexity index is 915. The lowest BCUT2D eigenvalue weighted by molar-refractivity contribution is 0.483. The Morgan fingerprint density at radius 3 is 2.26 bits per heavy atom. The molecular weight excluding hydrogens is 284 g/mol. The average molecular weight is 300 g/mol. The molecule has 3 aromatic carbocycles. The highest BCUT2D eigenvalue weighted by Gasteiger charge is 2.06. The zero-order valence-electron chi connectivity index (χ0n) is 12.5. The van der Waals surface area contributed by atoms with Crippen LogP contribution in [-0.4, -0.2) is 4.68 Å². The standard InChI is InChI=1S/C20H16N2O/c1-2-9-17(10-3-1)23-18-14-16-8-4-5-11-19(16)20(15-18)21-22-12-6-7-13-22/h1-15,21H. The van der Waals surface area contributed by atoms with Crippen molar-refractivity contribution in [3.05, 3.63) is 91.3 Å². The lowest BCUT2D eigenvalue weighted by atomic mass is 10.1. The van der Waals surface area contributed by atoms with E-state index in [4.69, 9.17) is 4.74 Å². The quantitative estimate of drug-likeness (QED) is 0.553. The minimum atomic E-state index is 0.810. The van der Waals surface area contributed by atoms with Gasteiger partial charge in [-0.05, 0) is 35.7 Å². The third kappa shape index (κ3) is 2.90. The number of para-hydroxylation sites is 1. The van der Waals surface area contributed by atoms with E-state index < -0.39 is 0 Å². The van der Waals surface area contributed by atoms with Crippen molar-refractivity contribution < 1.29 is 4.74 Å². The molecule has 1 aromatic heterocycles. The van der Waals surface area contributed by atoms with E-state index in [0.717, 1.165) is 28.0 Å². The van der Waals surface area contributed by atoms with Crippen molar-refractivity contribution in [2.24, 2.45) is 0 Å². The van der Waals surface area contributed by atoms with Crippen LogP contribution in [0.15, 0.2) is 91.3 Å². The fourth-order valence-electron chi connectivity index (χ4n) is 2.61. The van der Waals surface area contributed by atoms with Crippen LogP contribution >= 0.6 is 0 Å². The van der Waals surface area contributed by atoms with E-state index in [1.54, 1.807) is 0 Å². The maximum absolute atomic E-state index is 6.00. The molecular formula is C20H16N2O. The molecule has 0 fully saturated rings. The number of anilines is 1. The van der Waals surface area contributed by atoms with Crippen LogP contribution in [-0.2, 0) is 0 Å². The molecule has 3 nitrogen and oxygen atoms in total. The molecule has 4 rings (SSSR count). The van der Waals surface area contributed by atoms with Gasteiger partial charge in [0.25, 0.3) is 0 Å². The van der Waals surface area contributed by atoms with Gasteiger partial charge in [-0.25, -0.2) is 0 Å². The van der Waals surface area contributed by atoms with Crippen molar-refractivity contribution in [2.75, 3.05) is 5.43 Å². The minimum absolute atomic E-state index is 0.810. The van der Waals surface area contributed by atoms with Gasteiger partial charge in [0.1, 0.15) is 11.5 Å². The Labute approximate surface area is 134 Å². The van der Waals surface area contributed by atoms with Gasteiger partial charge in [0.15, 0.2) is 0 Å². The first-order chi connectivity index (χ1) is 11.4. The highest BCUT2D eigenvalue weighted by molar-refractivity contribution is 5.95. The predicted octanol–water partition coefficient (Wildman–Crippen LogP) is 5.31. The zero-order valence-corrected chi connectivity index (χ0v) is 12.5. The van der Waals surface area contributed by atoms with Crippen molar-refractivity contribution >= 4 is 16.5 Å². The van der Waals surface area contributed by atoms with E-state index in [2.05, 4.69) is 23.6 Å². The Morgan fingerprint density at radius 1 is 0.696 bits per heavy atom. The van der Waals surface area contributed by atoms with Crippen LogP contribution in [0.4, 0.5) is 5.69 Å².